The van der Waals surface area contributed by atoms with Gasteiger partial charge in [0.2, 0.25) is 0 Å². The van der Waals surface area contributed by atoms with Gasteiger partial charge in [-0.1, -0.05) is 13.8 Å². The zero-order valence-electron chi connectivity index (χ0n) is 14.4. The Bertz CT molecular complexity index is 249. The van der Waals surface area contributed by atoms with Gasteiger partial charge in [-0.3, -0.25) is 0 Å². The van der Waals surface area contributed by atoms with E-state index in [-0.39, 0.29) is 12.1 Å². The second kappa shape index (κ2) is 10.5. The molecule has 0 aromatic rings. The van der Waals surface area contributed by atoms with Crippen LogP contribution in [0, 0.1) is 5.92 Å². The molecule has 0 bridgehead atoms. The second-order valence-electron chi connectivity index (χ2n) is 6.56. The number of methoxy groups -OCH3 is 1. The third-order valence-corrected chi connectivity index (χ3v) is 4.97. The lowest BCUT2D eigenvalue weighted by Gasteiger charge is -2.35. The molecule has 126 valence electrons. The van der Waals surface area contributed by atoms with Crippen molar-refractivity contribution in [3.63, 3.8) is 0 Å². The summed E-state index contributed by atoms with van der Waals surface area (Å²) in [6, 6.07) is 0. The van der Waals surface area contributed by atoms with Crippen molar-refractivity contribution in [1.82, 2.24) is 10.2 Å². The molecule has 2 N–H and O–H groups in total. The van der Waals surface area contributed by atoms with Crippen LogP contribution in [0.25, 0.3) is 0 Å². The summed E-state index contributed by atoms with van der Waals surface area (Å²) in [7, 11) is 1.80. The van der Waals surface area contributed by atoms with Gasteiger partial charge in [0.1, 0.15) is 0 Å². The highest BCUT2D eigenvalue weighted by molar-refractivity contribution is 4.86. The van der Waals surface area contributed by atoms with Crippen molar-refractivity contribution in [3.8, 4) is 0 Å². The first-order valence-electron chi connectivity index (χ1n) is 8.77. The van der Waals surface area contributed by atoms with Crippen molar-refractivity contribution in [3.05, 3.63) is 0 Å². The predicted molar refractivity (Wildman–Crippen MR) is 88.7 cm³/mol. The van der Waals surface area contributed by atoms with E-state index in [0.717, 1.165) is 44.9 Å². The van der Waals surface area contributed by atoms with Crippen LogP contribution < -0.4 is 5.32 Å². The number of rotatable bonds is 11. The van der Waals surface area contributed by atoms with Gasteiger partial charge < -0.3 is 20.1 Å². The van der Waals surface area contributed by atoms with E-state index in [1.807, 2.05) is 0 Å². The van der Waals surface area contributed by atoms with Crippen LogP contribution in [0.4, 0.5) is 0 Å². The van der Waals surface area contributed by atoms with Crippen molar-refractivity contribution in [1.29, 1.82) is 0 Å². The second-order valence-corrected chi connectivity index (χ2v) is 6.56. The van der Waals surface area contributed by atoms with E-state index in [4.69, 9.17) is 4.74 Å². The lowest BCUT2D eigenvalue weighted by atomic mass is 9.90. The Morgan fingerprint density at radius 3 is 2.52 bits per heavy atom. The fourth-order valence-corrected chi connectivity index (χ4v) is 3.28. The molecule has 0 aliphatic carbocycles. The van der Waals surface area contributed by atoms with Crippen LogP contribution in [-0.2, 0) is 4.74 Å². The van der Waals surface area contributed by atoms with E-state index in [1.54, 1.807) is 7.11 Å². The van der Waals surface area contributed by atoms with Crippen molar-refractivity contribution in [2.45, 2.75) is 57.9 Å². The van der Waals surface area contributed by atoms with Crippen molar-refractivity contribution >= 4 is 0 Å². The van der Waals surface area contributed by atoms with Gasteiger partial charge in [0.25, 0.3) is 0 Å². The molecule has 1 heterocycles. The van der Waals surface area contributed by atoms with E-state index in [1.165, 1.54) is 32.4 Å². The summed E-state index contributed by atoms with van der Waals surface area (Å²) >= 11 is 0. The number of piperidine rings is 1. The topological polar surface area (TPSA) is 44.7 Å². The molecule has 4 nitrogen and oxygen atoms in total. The Morgan fingerprint density at radius 2 is 2.00 bits per heavy atom. The SMILES string of the molecule is CCCNC(CC)(CO)CCCN1CCC(COC)CC1. The molecule has 1 fully saturated rings. The van der Waals surface area contributed by atoms with E-state index in [9.17, 15) is 5.11 Å². The predicted octanol–water partition coefficient (Wildman–Crippen LogP) is 2.27. The van der Waals surface area contributed by atoms with E-state index in [2.05, 4.69) is 24.1 Å². The monoisotopic (exact) mass is 300 g/mol. The molecule has 21 heavy (non-hydrogen) atoms. The quantitative estimate of drug-likeness (QED) is 0.614. The van der Waals surface area contributed by atoms with Crippen LogP contribution in [0.1, 0.15) is 52.4 Å². The highest BCUT2D eigenvalue weighted by Crippen LogP contribution is 2.20. The molecule has 1 saturated heterocycles. The van der Waals surface area contributed by atoms with Gasteiger partial charge in [-0.2, -0.15) is 0 Å². The highest BCUT2D eigenvalue weighted by Gasteiger charge is 2.26. The minimum absolute atomic E-state index is 0.0651. The average molecular weight is 300 g/mol. The van der Waals surface area contributed by atoms with Gasteiger partial charge in [-0.05, 0) is 70.6 Å². The molecule has 0 saturated carbocycles. The number of aliphatic hydroxyl groups is 1. The van der Waals surface area contributed by atoms with Crippen molar-refractivity contribution in [2.24, 2.45) is 5.92 Å². The maximum Gasteiger partial charge on any atom is 0.0613 e. The maximum atomic E-state index is 9.74. The first-order valence-corrected chi connectivity index (χ1v) is 8.77. The molecular weight excluding hydrogens is 264 g/mol. The summed E-state index contributed by atoms with van der Waals surface area (Å²) < 4.78 is 5.25. The Hall–Kier alpha value is -0.160. The maximum absolute atomic E-state index is 9.74. The molecule has 1 unspecified atom stereocenters. The first kappa shape index (κ1) is 18.9. The zero-order valence-corrected chi connectivity index (χ0v) is 14.4. The fourth-order valence-electron chi connectivity index (χ4n) is 3.28. The van der Waals surface area contributed by atoms with Crippen LogP contribution in [0.2, 0.25) is 0 Å². The number of likely N-dealkylation sites (tertiary alicyclic amines) is 1. The minimum atomic E-state index is -0.0651. The Morgan fingerprint density at radius 1 is 1.29 bits per heavy atom. The molecule has 0 amide bonds. The zero-order chi connectivity index (χ0) is 15.6. The van der Waals surface area contributed by atoms with Crippen LogP contribution in [0.3, 0.4) is 0 Å². The third kappa shape index (κ3) is 6.64. The lowest BCUT2D eigenvalue weighted by Crippen LogP contribution is -2.49. The molecule has 0 aromatic carbocycles. The molecule has 1 aliphatic heterocycles. The van der Waals surface area contributed by atoms with Gasteiger partial charge in [-0.25, -0.2) is 0 Å². The summed E-state index contributed by atoms with van der Waals surface area (Å²) in [5.41, 5.74) is -0.0651. The summed E-state index contributed by atoms with van der Waals surface area (Å²) in [4.78, 5) is 2.57. The first-order chi connectivity index (χ1) is 10.2. The van der Waals surface area contributed by atoms with Crippen LogP contribution in [0.15, 0.2) is 0 Å². The Kier molecular flexibility index (Phi) is 9.49. The molecule has 1 atom stereocenters. The summed E-state index contributed by atoms with van der Waals surface area (Å²) in [5, 5.41) is 13.3. The van der Waals surface area contributed by atoms with E-state index < -0.39 is 0 Å². The van der Waals surface area contributed by atoms with Crippen LogP contribution >= 0.6 is 0 Å². The third-order valence-electron chi connectivity index (χ3n) is 4.97. The number of nitrogens with one attached hydrogen (secondary N) is 1. The molecule has 0 radical (unpaired) electrons. The normalized spacial score (nSPS) is 20.6. The number of aliphatic hydroxyl groups excluding tert-OH is 1. The van der Waals surface area contributed by atoms with E-state index in [0.29, 0.717) is 0 Å². The Balaban J connectivity index is 2.25. The number of hydrogen-bond acceptors (Lipinski definition) is 4. The molecule has 4 heteroatoms. The summed E-state index contributed by atoms with van der Waals surface area (Å²) in [6.45, 7) is 10.1. The van der Waals surface area contributed by atoms with Crippen LogP contribution in [0.5, 0.6) is 0 Å². The fraction of sp³-hybridized carbons (Fsp3) is 1.00. The number of hydrogen-bond donors (Lipinski definition) is 2. The average Bonchev–Trinajstić information content (AvgIpc) is 2.53. The van der Waals surface area contributed by atoms with Crippen LogP contribution in [-0.4, -0.2) is 62.0 Å². The van der Waals surface area contributed by atoms with Gasteiger partial charge in [0, 0.05) is 19.3 Å². The van der Waals surface area contributed by atoms with Crippen molar-refractivity contribution in [2.75, 3.05) is 46.5 Å². The smallest absolute Gasteiger partial charge is 0.0613 e. The lowest BCUT2D eigenvalue weighted by molar-refractivity contribution is 0.0942. The molecule has 0 aromatic heterocycles. The highest BCUT2D eigenvalue weighted by atomic mass is 16.5. The van der Waals surface area contributed by atoms with Gasteiger partial charge in [-0.15, -0.1) is 0 Å². The summed E-state index contributed by atoms with van der Waals surface area (Å²) in [6.07, 6.45) is 6.88. The number of ether oxygens (including phenoxy) is 1. The standard InChI is InChI=1S/C17H36N2O2/c1-4-10-18-17(5-2,15-20)9-6-11-19-12-7-16(8-13-19)14-21-3/h16,18,20H,4-15H2,1-3H3. The minimum Gasteiger partial charge on any atom is -0.394 e. The van der Waals surface area contributed by atoms with Gasteiger partial charge in [0.05, 0.1) is 6.61 Å². The number of nitrogens with zero attached hydrogens (tertiary/aromatic N) is 1. The van der Waals surface area contributed by atoms with Crippen molar-refractivity contribution < 1.29 is 9.84 Å². The molecule has 1 aliphatic rings. The largest absolute Gasteiger partial charge is 0.394 e. The van der Waals surface area contributed by atoms with Gasteiger partial charge in [0.15, 0.2) is 0 Å². The molecule has 1 rings (SSSR count). The van der Waals surface area contributed by atoms with E-state index >= 15 is 0 Å². The Labute approximate surface area is 131 Å². The summed E-state index contributed by atoms with van der Waals surface area (Å²) in [5.74, 6) is 0.754. The van der Waals surface area contributed by atoms with Gasteiger partial charge >= 0.3 is 0 Å². The molecule has 0 spiro atoms. The molecular formula is C17H36N2O2.